The number of carboxylic acids is 3. The van der Waals surface area contributed by atoms with Crippen LogP contribution in [0.5, 0.6) is 0 Å². The molecule has 33 heteroatoms. The number of carboxylic acid groups (broad SMARTS) is 3. The van der Waals surface area contributed by atoms with Crippen molar-refractivity contribution >= 4 is 83.8 Å². The Hall–Kier alpha value is -12.8. The number of benzene rings is 6. The molecule has 1 saturated heterocycles. The summed E-state index contributed by atoms with van der Waals surface area (Å²) in [6.07, 6.45) is 44.7. The van der Waals surface area contributed by atoms with Crippen molar-refractivity contribution in [2.24, 2.45) is 11.5 Å². The molecule has 1 fully saturated rings. The Morgan fingerprint density at radius 1 is 0.333 bits per heavy atom. The Bertz CT molecular complexity index is 4760. The van der Waals surface area contributed by atoms with E-state index in [2.05, 4.69) is 92.4 Å². The lowest BCUT2D eigenvalue weighted by molar-refractivity contribution is -0.152. The molecule has 150 heavy (non-hydrogen) atoms. The normalized spacial score (nSPS) is 13.0. The number of rotatable bonds is 68. The summed E-state index contributed by atoms with van der Waals surface area (Å²) in [5, 5.41) is 50.4. The van der Waals surface area contributed by atoms with Crippen LogP contribution in [0.15, 0.2) is 158 Å². The van der Waals surface area contributed by atoms with E-state index < -0.39 is 102 Å². The molecule has 5 atom stereocenters. The minimum atomic E-state index is -1.35. The first-order chi connectivity index (χ1) is 72.7. The summed E-state index contributed by atoms with van der Waals surface area (Å²) < 4.78 is 25.2. The van der Waals surface area contributed by atoms with Gasteiger partial charge in [-0.05, 0) is 87.9 Å². The molecule has 0 bridgehead atoms. The van der Waals surface area contributed by atoms with Crippen LogP contribution in [0, 0.1) is 0 Å². The topological polar surface area (TPSA) is 506 Å². The molecule has 6 aromatic rings. The molecule has 6 aromatic carbocycles. The van der Waals surface area contributed by atoms with E-state index in [9.17, 15) is 77.3 Å². The second-order valence-electron chi connectivity index (χ2n) is 38.1. The maximum atomic E-state index is 12.7. The van der Waals surface area contributed by atoms with Crippen LogP contribution >= 0.6 is 0 Å². The fourth-order valence-electron chi connectivity index (χ4n) is 17.2. The Balaban J connectivity index is 0.000000398. The maximum absolute atomic E-state index is 12.7. The van der Waals surface area contributed by atoms with Gasteiger partial charge in [-0.2, -0.15) is 0 Å². The highest BCUT2D eigenvalue weighted by molar-refractivity contribution is 5.98. The molecule has 2 aliphatic carbocycles. The number of likely N-dealkylation sites (N-methyl/N-ethyl adjacent to an activating group) is 1. The van der Waals surface area contributed by atoms with E-state index in [1.54, 1.807) is 24.3 Å². The van der Waals surface area contributed by atoms with Gasteiger partial charge in [-0.15, -0.1) is 0 Å². The molecule has 9 amide bonds. The standard InChI is InChI=1S/C32H45N3O4.C31H42N2O5.C24H38N2O5.C16H32N2O3.C12H11NO5.C2H7N/c1-3-4-5-6-7-8-9-10-11-16-21-34-30(36)22-29(31(37)33-2)35-32(38)39-23-28-26-19-14-12-17-24(26)25-18-13-15-20-27(25)28;1-2-3-4-5-6-7-8-9-10-15-20-32-29(34)21-28(30(35)36)33-31(37)38-22-27-25-18-13-11-16-23(25)24-17-12-14-19-26(24)27;1-2-3-4-5-6-7-8-9-10-14-17-25-22(27)18-21(23(28)29)26-24(30)31-19-20-15-12-11-13-16-20;1-2-3-4-5-6-7-8-9-10-11-12-18-15(19)13-14(17)16(20)21;14-10-6-9(11(15)18-10)13-12(16)17-7-8-4-2-1-3-5-8;1-2-3/h12-15,17-20,28-29H,3-11,16,21-23H2,1-2H3,(H,33,37)(H,34,36)(H,35,38);11-14,16-19,27-28H,2-10,15,20-22H2,1H3,(H,32,34)(H,33,37)(H,35,36);11-13,15-16,21H,2-10,14,17-19H2,1H3,(H,25,27)(H,26,30)(H,28,29);14H,2-13,17H2,1H3,(H,18,19)(H,20,21);1-5,9H,6-7H2,(H,13,16);2-3H2,1H3. The lowest BCUT2D eigenvalue weighted by Gasteiger charge is -2.19. The van der Waals surface area contributed by atoms with Gasteiger partial charge < -0.3 is 98.3 Å². The third-order valence-corrected chi connectivity index (χ3v) is 25.6. The van der Waals surface area contributed by atoms with Crippen molar-refractivity contribution in [1.82, 2.24) is 47.9 Å². The van der Waals surface area contributed by atoms with Gasteiger partial charge in [0.05, 0.1) is 32.1 Å². The van der Waals surface area contributed by atoms with Gasteiger partial charge in [0.25, 0.3) is 0 Å². The van der Waals surface area contributed by atoms with Crippen LogP contribution in [-0.2, 0) is 84.8 Å². The lowest BCUT2D eigenvalue weighted by Crippen LogP contribution is -2.48. The van der Waals surface area contributed by atoms with E-state index in [-0.39, 0.29) is 82.2 Å². The number of unbranched alkanes of at least 4 members (excludes halogenated alkanes) is 36. The Kier molecular flexibility index (Phi) is 70.8. The average molecular weight is 2090 g/mol. The molecule has 0 aromatic heterocycles. The average Bonchev–Trinajstić information content (AvgIpc) is 1.62. The quantitative estimate of drug-likeness (QED) is 0.00730. The Labute approximate surface area is 889 Å². The van der Waals surface area contributed by atoms with Gasteiger partial charge in [-0.3, -0.25) is 33.6 Å². The number of nitrogens with one attached hydrogen (secondary N) is 9. The molecule has 33 nitrogen and oxygen atoms in total. The summed E-state index contributed by atoms with van der Waals surface area (Å²) >= 11 is 0. The first-order valence-electron chi connectivity index (χ1n) is 55.1. The first kappa shape index (κ1) is 130. The molecule has 9 rings (SSSR count). The lowest BCUT2D eigenvalue weighted by atomic mass is 9.98. The van der Waals surface area contributed by atoms with E-state index in [1.807, 2.05) is 128 Å². The van der Waals surface area contributed by atoms with Crippen molar-refractivity contribution in [3.8, 4) is 22.3 Å². The number of fused-ring (bicyclic) bond motifs is 6. The Morgan fingerprint density at radius 3 is 0.860 bits per heavy atom. The van der Waals surface area contributed by atoms with Crippen molar-refractivity contribution in [2.75, 3.05) is 53.0 Å². The van der Waals surface area contributed by atoms with E-state index in [0.29, 0.717) is 26.2 Å². The van der Waals surface area contributed by atoms with Crippen LogP contribution < -0.4 is 59.3 Å². The van der Waals surface area contributed by atoms with Crippen molar-refractivity contribution in [3.63, 3.8) is 0 Å². The number of esters is 2. The van der Waals surface area contributed by atoms with E-state index in [1.165, 1.54) is 200 Å². The van der Waals surface area contributed by atoms with Crippen molar-refractivity contribution in [3.05, 3.63) is 191 Å². The minimum Gasteiger partial charge on any atom is -0.480 e. The summed E-state index contributed by atoms with van der Waals surface area (Å²) in [5.74, 6) is -7.05. The summed E-state index contributed by atoms with van der Waals surface area (Å²) in [5.41, 5.74) is 20.6. The fraction of sp³-hybridized carbons (Fsp3) is 0.573. The monoisotopic (exact) mass is 2090 g/mol. The molecule has 5 unspecified atom stereocenters. The third-order valence-electron chi connectivity index (χ3n) is 25.6. The highest BCUT2D eigenvalue weighted by Crippen LogP contribution is 2.46. The van der Waals surface area contributed by atoms with E-state index >= 15 is 0 Å². The van der Waals surface area contributed by atoms with Crippen molar-refractivity contribution < 1.29 is 106 Å². The second kappa shape index (κ2) is 82.1. The number of amides is 9. The number of cyclic esters (lactones) is 2. The summed E-state index contributed by atoms with van der Waals surface area (Å²) in [6, 6.07) is 44.6. The smallest absolute Gasteiger partial charge is 0.408 e. The van der Waals surface area contributed by atoms with Gasteiger partial charge in [-0.1, -0.05) is 423 Å². The number of ether oxygens (including phenoxy) is 5. The second-order valence-corrected chi connectivity index (χ2v) is 38.1. The van der Waals surface area contributed by atoms with Crippen LogP contribution in [-0.4, -0.2) is 182 Å². The number of carbonyl (C=O) groups excluding carboxylic acids is 11. The van der Waals surface area contributed by atoms with Crippen LogP contribution in [0.4, 0.5) is 19.2 Å². The molecule has 830 valence electrons. The third kappa shape index (κ3) is 57.8. The number of aliphatic carboxylic acids is 3. The molecular weight excluding hydrogens is 1910 g/mol. The van der Waals surface area contributed by atoms with Gasteiger partial charge in [0, 0.05) is 45.1 Å². The van der Waals surface area contributed by atoms with Crippen LogP contribution in [0.25, 0.3) is 22.3 Å². The van der Waals surface area contributed by atoms with Gasteiger partial charge in [0.15, 0.2) is 0 Å². The summed E-state index contributed by atoms with van der Waals surface area (Å²) in [7, 11) is 1.48. The van der Waals surface area contributed by atoms with Crippen molar-refractivity contribution in [1.29, 1.82) is 0 Å². The number of alkyl carbamates (subject to hydrolysis) is 4. The van der Waals surface area contributed by atoms with E-state index in [0.717, 1.165) is 126 Å². The highest BCUT2D eigenvalue weighted by atomic mass is 16.6. The van der Waals surface area contributed by atoms with Gasteiger partial charge in [-0.25, -0.2) is 33.6 Å². The van der Waals surface area contributed by atoms with Gasteiger partial charge in [0.2, 0.25) is 29.5 Å². The van der Waals surface area contributed by atoms with Gasteiger partial charge >= 0.3 is 54.2 Å². The zero-order valence-corrected chi connectivity index (χ0v) is 90.0. The molecule has 0 spiro atoms. The number of carbonyl (C=O) groups is 14. The molecule has 16 N–H and O–H groups in total. The molecule has 0 radical (unpaired) electrons. The SMILES string of the molecule is CCCCCCCCCCCCNC(=O)CC(N)C(=O)O.CCCCCCCCCCCCNC(=O)CC(NC(=O)OCC1c2ccccc2-c2ccccc21)C(=O)NC.CCCCCCCCCCCCNC(=O)CC(NC(=O)OCC1c2ccccc2-c2ccccc21)C(=O)O.CCCCCCCCCCCCNC(=O)CC(NC(=O)OCc1ccccc1)C(=O)O.CCN.O=C1CC(NC(=O)OCc2ccccc2)C(=O)O1. The van der Waals surface area contributed by atoms with E-state index in [4.69, 9.17) is 35.5 Å². The minimum absolute atomic E-state index is 0.0317. The predicted octanol–water partition coefficient (Wildman–Crippen LogP) is 20.8. The van der Waals surface area contributed by atoms with Crippen LogP contribution in [0.2, 0.25) is 0 Å². The fourth-order valence-corrected chi connectivity index (χ4v) is 17.2. The zero-order chi connectivity index (χ0) is 109. The number of hydrogen-bond donors (Lipinski definition) is 14. The molecular formula is C117H175N11O22. The largest absolute Gasteiger partial charge is 0.480 e. The maximum Gasteiger partial charge on any atom is 0.408 e. The number of hydrogen-bond acceptors (Lipinski definition) is 21. The summed E-state index contributed by atoms with van der Waals surface area (Å²) in [4.78, 5) is 164. The molecule has 0 saturated carbocycles. The highest BCUT2D eigenvalue weighted by Gasteiger charge is 2.37. The number of nitrogens with two attached hydrogens (primary N) is 2. The molecule has 3 aliphatic rings. The summed E-state index contributed by atoms with van der Waals surface area (Å²) in [6.45, 7) is 14.1. The first-order valence-corrected chi connectivity index (χ1v) is 55.1. The molecule has 1 aliphatic heterocycles. The van der Waals surface area contributed by atoms with Crippen LogP contribution in [0.1, 0.15) is 369 Å². The Morgan fingerprint density at radius 2 is 0.587 bits per heavy atom. The van der Waals surface area contributed by atoms with Gasteiger partial charge in [0.1, 0.15) is 56.6 Å². The zero-order valence-electron chi connectivity index (χ0n) is 90.0. The molecule has 1 heterocycles. The predicted molar refractivity (Wildman–Crippen MR) is 584 cm³/mol. The van der Waals surface area contributed by atoms with Crippen molar-refractivity contribution in [2.45, 2.75) is 379 Å². The van der Waals surface area contributed by atoms with Crippen LogP contribution in [0.3, 0.4) is 0 Å².